The van der Waals surface area contributed by atoms with Gasteiger partial charge in [0.05, 0.1) is 30.0 Å². The fourth-order valence-corrected chi connectivity index (χ4v) is 3.53. The number of nitrogens with one attached hydrogen (secondary N) is 2. The highest BCUT2D eigenvalue weighted by Gasteiger charge is 2.20. The molecule has 160 valence electrons. The van der Waals surface area contributed by atoms with Crippen LogP contribution < -0.4 is 21.1 Å². The summed E-state index contributed by atoms with van der Waals surface area (Å²) in [5.41, 5.74) is 6.02. The fraction of sp³-hybridized carbons (Fsp3) is 0.143. The van der Waals surface area contributed by atoms with Gasteiger partial charge in [-0.15, -0.1) is 11.3 Å². The Balaban J connectivity index is 1.82. The topological polar surface area (TPSA) is 123 Å². The van der Waals surface area contributed by atoms with Gasteiger partial charge in [0.2, 0.25) is 5.91 Å². The molecule has 3 rings (SSSR count). The lowest BCUT2D eigenvalue weighted by Crippen LogP contribution is -2.22. The molecule has 1 unspecified atom stereocenters. The van der Waals surface area contributed by atoms with Gasteiger partial charge in [0.15, 0.2) is 10.9 Å². The number of thiazole rings is 1. The van der Waals surface area contributed by atoms with E-state index >= 15 is 0 Å². The van der Waals surface area contributed by atoms with Gasteiger partial charge in [-0.3, -0.25) is 14.9 Å². The monoisotopic (exact) mass is 442 g/mol. The average Bonchev–Trinajstić information content (AvgIpc) is 3.20. The zero-order chi connectivity index (χ0) is 22.5. The molecule has 8 nitrogen and oxygen atoms in total. The number of carbonyl (C=O) groups excluding carboxylic acids is 3. The van der Waals surface area contributed by atoms with Crippen molar-refractivity contribution in [3.63, 3.8) is 0 Å². The highest BCUT2D eigenvalue weighted by atomic mass is 32.1. The van der Waals surface area contributed by atoms with Gasteiger partial charge in [-0.1, -0.05) is 12.1 Å². The van der Waals surface area contributed by atoms with Gasteiger partial charge in [-0.05, 0) is 37.3 Å². The van der Waals surface area contributed by atoms with Crippen molar-refractivity contribution in [2.45, 2.75) is 12.8 Å². The first-order valence-electron chi connectivity index (χ1n) is 9.10. The summed E-state index contributed by atoms with van der Waals surface area (Å²) in [7, 11) is 1.44. The number of para-hydroxylation sites is 1. The Morgan fingerprint density at radius 3 is 2.58 bits per heavy atom. The van der Waals surface area contributed by atoms with Crippen molar-refractivity contribution >= 4 is 39.9 Å². The summed E-state index contributed by atoms with van der Waals surface area (Å²) in [6.45, 7) is 1.60. The summed E-state index contributed by atoms with van der Waals surface area (Å²) < 4.78 is 19.1. The van der Waals surface area contributed by atoms with Crippen LogP contribution in [0, 0.1) is 5.82 Å². The Kier molecular flexibility index (Phi) is 6.61. The predicted octanol–water partition coefficient (Wildman–Crippen LogP) is 3.75. The molecule has 0 aliphatic rings. The van der Waals surface area contributed by atoms with Crippen molar-refractivity contribution in [2.24, 2.45) is 5.73 Å². The van der Waals surface area contributed by atoms with E-state index in [1.54, 1.807) is 36.6 Å². The smallest absolute Gasteiger partial charge is 0.325 e. The number of anilines is 2. The number of benzene rings is 2. The van der Waals surface area contributed by atoms with Crippen molar-refractivity contribution in [3.05, 3.63) is 70.5 Å². The first-order chi connectivity index (χ1) is 14.8. The molecule has 1 aromatic heterocycles. The second-order valence-electron chi connectivity index (χ2n) is 6.50. The third-order valence-electron chi connectivity index (χ3n) is 4.44. The molecule has 0 fully saturated rings. The van der Waals surface area contributed by atoms with Crippen LogP contribution in [0.3, 0.4) is 0 Å². The van der Waals surface area contributed by atoms with Gasteiger partial charge in [-0.25, -0.2) is 14.2 Å². The summed E-state index contributed by atoms with van der Waals surface area (Å²) >= 11 is 1.10. The van der Waals surface area contributed by atoms with E-state index in [2.05, 4.69) is 15.6 Å². The summed E-state index contributed by atoms with van der Waals surface area (Å²) in [6, 6.07) is 9.33. The van der Waals surface area contributed by atoms with E-state index in [1.807, 2.05) is 0 Å². The van der Waals surface area contributed by atoms with Crippen LogP contribution in [0.2, 0.25) is 0 Å². The zero-order valence-corrected chi connectivity index (χ0v) is 17.5. The molecule has 31 heavy (non-hydrogen) atoms. The molecular weight excluding hydrogens is 423 g/mol. The van der Waals surface area contributed by atoms with E-state index < -0.39 is 29.5 Å². The molecule has 0 saturated carbocycles. The van der Waals surface area contributed by atoms with E-state index in [4.69, 9.17) is 10.5 Å². The fourth-order valence-electron chi connectivity index (χ4n) is 2.73. The van der Waals surface area contributed by atoms with Gasteiger partial charge < -0.3 is 15.8 Å². The lowest BCUT2D eigenvalue weighted by molar-refractivity contribution is -0.119. The average molecular weight is 442 g/mol. The number of nitrogens with two attached hydrogens (primary N) is 1. The van der Waals surface area contributed by atoms with E-state index in [1.165, 1.54) is 13.2 Å². The maximum absolute atomic E-state index is 13.8. The molecule has 2 aromatic carbocycles. The second kappa shape index (κ2) is 9.35. The van der Waals surface area contributed by atoms with E-state index in [-0.39, 0.29) is 21.9 Å². The standard InChI is InChI=1S/C21H19FN4O4S/c1-11(19(23)28)16-10-31-21(25-16)26-20(29)24-15-9-12(22)7-8-13(15)18(27)14-5-3-4-6-17(14)30-2/h3-11H,1-2H3,(H2,23,28)(H2,24,25,26,29). The van der Waals surface area contributed by atoms with E-state index in [0.717, 1.165) is 23.5 Å². The van der Waals surface area contributed by atoms with E-state index in [0.29, 0.717) is 11.4 Å². The minimum Gasteiger partial charge on any atom is -0.496 e. The minimum atomic E-state index is -0.729. The van der Waals surface area contributed by atoms with Gasteiger partial charge >= 0.3 is 6.03 Å². The number of hydrogen-bond acceptors (Lipinski definition) is 6. The largest absolute Gasteiger partial charge is 0.496 e. The van der Waals surface area contributed by atoms with Crippen LogP contribution in [0.4, 0.5) is 20.0 Å². The number of carbonyl (C=O) groups is 3. The van der Waals surface area contributed by atoms with Crippen LogP contribution in [-0.4, -0.2) is 29.8 Å². The summed E-state index contributed by atoms with van der Waals surface area (Å²) in [4.78, 5) is 40.9. The van der Waals surface area contributed by atoms with Crippen LogP contribution in [0.15, 0.2) is 47.8 Å². The number of aromatic nitrogens is 1. The van der Waals surface area contributed by atoms with Crippen LogP contribution in [-0.2, 0) is 4.79 Å². The molecule has 4 N–H and O–H groups in total. The molecule has 0 radical (unpaired) electrons. The van der Waals surface area contributed by atoms with Crippen molar-refractivity contribution in [1.82, 2.24) is 4.98 Å². The normalized spacial score (nSPS) is 11.5. The number of rotatable bonds is 7. The summed E-state index contributed by atoms with van der Waals surface area (Å²) in [5, 5.41) is 6.79. The SMILES string of the molecule is COc1ccccc1C(=O)c1ccc(F)cc1NC(=O)Nc1nc(C(C)C(N)=O)cs1. The Bertz CT molecular complexity index is 1150. The molecule has 1 heterocycles. The third kappa shape index (κ3) is 5.04. The number of amides is 3. The van der Waals surface area contributed by atoms with E-state index in [9.17, 15) is 18.8 Å². The number of urea groups is 1. The number of primary amides is 1. The Morgan fingerprint density at radius 1 is 1.13 bits per heavy atom. The number of methoxy groups -OCH3 is 1. The number of hydrogen-bond donors (Lipinski definition) is 3. The number of halogens is 1. The number of ketones is 1. The highest BCUT2D eigenvalue weighted by Crippen LogP contribution is 2.27. The highest BCUT2D eigenvalue weighted by molar-refractivity contribution is 7.14. The molecule has 10 heteroatoms. The Morgan fingerprint density at radius 2 is 1.87 bits per heavy atom. The number of ether oxygens (including phenoxy) is 1. The zero-order valence-electron chi connectivity index (χ0n) is 16.6. The Labute approximate surface area is 181 Å². The van der Waals surface area contributed by atoms with Gasteiger partial charge in [0, 0.05) is 10.9 Å². The van der Waals surface area contributed by atoms with Gasteiger partial charge in [0.1, 0.15) is 11.6 Å². The summed E-state index contributed by atoms with van der Waals surface area (Å²) in [6.07, 6.45) is 0. The van der Waals surface area contributed by atoms with Crippen LogP contribution in [0.1, 0.15) is 34.5 Å². The third-order valence-corrected chi connectivity index (χ3v) is 5.21. The molecule has 0 saturated heterocycles. The molecule has 0 spiro atoms. The van der Waals surface area contributed by atoms with Crippen LogP contribution >= 0.6 is 11.3 Å². The molecule has 1 atom stereocenters. The second-order valence-corrected chi connectivity index (χ2v) is 7.36. The van der Waals surface area contributed by atoms with Crippen molar-refractivity contribution in [2.75, 3.05) is 17.7 Å². The van der Waals surface area contributed by atoms with Crippen molar-refractivity contribution in [1.29, 1.82) is 0 Å². The summed E-state index contributed by atoms with van der Waals surface area (Å²) in [5.74, 6) is -1.87. The minimum absolute atomic E-state index is 0.0179. The molecule has 3 aromatic rings. The maximum Gasteiger partial charge on any atom is 0.325 e. The van der Waals surface area contributed by atoms with Crippen molar-refractivity contribution in [3.8, 4) is 5.75 Å². The van der Waals surface area contributed by atoms with Crippen molar-refractivity contribution < 1.29 is 23.5 Å². The predicted molar refractivity (Wildman–Crippen MR) is 115 cm³/mol. The quantitative estimate of drug-likeness (QED) is 0.481. The molecular formula is C21H19FN4O4S. The number of nitrogens with zero attached hydrogens (tertiary/aromatic N) is 1. The van der Waals surface area contributed by atoms with Crippen LogP contribution in [0.5, 0.6) is 5.75 Å². The first kappa shape index (κ1) is 21.9. The van der Waals surface area contributed by atoms with Gasteiger partial charge in [0.25, 0.3) is 0 Å². The Hall–Kier alpha value is -3.79. The molecule has 0 aliphatic carbocycles. The lowest BCUT2D eigenvalue weighted by atomic mass is 10.0. The maximum atomic E-state index is 13.8. The van der Waals surface area contributed by atoms with Gasteiger partial charge in [-0.2, -0.15) is 0 Å². The molecule has 3 amide bonds. The molecule has 0 bridgehead atoms. The molecule has 0 aliphatic heterocycles. The first-order valence-corrected chi connectivity index (χ1v) is 9.98. The van der Waals surface area contributed by atoms with Crippen LogP contribution in [0.25, 0.3) is 0 Å². The lowest BCUT2D eigenvalue weighted by Gasteiger charge is -2.12.